The molecule has 0 spiro atoms. The minimum atomic E-state index is -0.222. The van der Waals surface area contributed by atoms with E-state index in [9.17, 15) is 4.79 Å². The van der Waals surface area contributed by atoms with Crippen LogP contribution < -0.4 is 11.1 Å². The van der Waals surface area contributed by atoms with Gasteiger partial charge in [-0.3, -0.25) is 4.79 Å². The van der Waals surface area contributed by atoms with E-state index < -0.39 is 0 Å². The summed E-state index contributed by atoms with van der Waals surface area (Å²) in [4.78, 5) is 12.2. The summed E-state index contributed by atoms with van der Waals surface area (Å²) in [5.41, 5.74) is 6.83. The summed E-state index contributed by atoms with van der Waals surface area (Å²) in [6, 6.07) is 14.7. The highest BCUT2D eigenvalue weighted by atomic mass is 16.1. The van der Waals surface area contributed by atoms with Crippen molar-refractivity contribution >= 4 is 16.7 Å². The summed E-state index contributed by atoms with van der Waals surface area (Å²) in [5.74, 6) is 0.662. The lowest BCUT2D eigenvalue weighted by Gasteiger charge is -2.29. The Hall–Kier alpha value is -1.87. The molecule has 1 unspecified atom stereocenters. The number of carbonyl (C=O) groups excluding carboxylic acids is 1. The fraction of sp³-hybridized carbons (Fsp3) is 0.421. The Labute approximate surface area is 131 Å². The van der Waals surface area contributed by atoms with Gasteiger partial charge in [-0.25, -0.2) is 0 Å². The molecule has 2 aromatic carbocycles. The molecule has 1 fully saturated rings. The predicted molar refractivity (Wildman–Crippen MR) is 90.6 cm³/mol. The van der Waals surface area contributed by atoms with Gasteiger partial charge in [0.2, 0.25) is 5.91 Å². The number of carbonyl (C=O) groups is 1. The molecule has 0 aliphatic heterocycles. The summed E-state index contributed by atoms with van der Waals surface area (Å²) in [6.07, 6.45) is 3.64. The maximum Gasteiger partial charge on any atom is 0.220 e. The number of hydrogen-bond acceptors (Lipinski definition) is 2. The first-order valence-electron chi connectivity index (χ1n) is 8.09. The van der Waals surface area contributed by atoms with Crippen LogP contribution in [0.4, 0.5) is 0 Å². The first-order valence-corrected chi connectivity index (χ1v) is 8.09. The van der Waals surface area contributed by atoms with Crippen LogP contribution in [0.3, 0.4) is 0 Å². The third-order valence-corrected chi connectivity index (χ3v) is 4.78. The van der Waals surface area contributed by atoms with Crippen molar-refractivity contribution in [3.05, 3.63) is 48.0 Å². The van der Waals surface area contributed by atoms with Crippen molar-refractivity contribution < 1.29 is 4.79 Å². The van der Waals surface area contributed by atoms with E-state index >= 15 is 0 Å². The Morgan fingerprint density at radius 2 is 1.95 bits per heavy atom. The van der Waals surface area contributed by atoms with Crippen molar-refractivity contribution in [1.82, 2.24) is 5.32 Å². The van der Waals surface area contributed by atoms with Gasteiger partial charge in [0.1, 0.15) is 0 Å². The smallest absolute Gasteiger partial charge is 0.220 e. The SMILES string of the molecule is CC(CN)(NC(=O)CCc1ccc2ccccc2c1)C1CC1. The first-order chi connectivity index (χ1) is 10.6. The minimum Gasteiger partial charge on any atom is -0.349 e. The van der Waals surface area contributed by atoms with Crippen molar-refractivity contribution in [3.8, 4) is 0 Å². The average Bonchev–Trinajstić information content (AvgIpc) is 3.38. The van der Waals surface area contributed by atoms with Crippen molar-refractivity contribution in [2.75, 3.05) is 6.54 Å². The van der Waals surface area contributed by atoms with Crippen LogP contribution in [0.15, 0.2) is 42.5 Å². The maximum atomic E-state index is 12.2. The fourth-order valence-corrected chi connectivity index (χ4v) is 3.07. The molecule has 0 saturated heterocycles. The summed E-state index contributed by atoms with van der Waals surface area (Å²) >= 11 is 0. The van der Waals surface area contributed by atoms with Crippen LogP contribution in [0.1, 0.15) is 31.7 Å². The number of rotatable bonds is 6. The standard InChI is InChI=1S/C19H24N2O/c1-19(13-20,17-9-10-17)21-18(22)11-7-14-6-8-15-4-2-3-5-16(15)12-14/h2-6,8,12,17H,7,9-11,13,20H2,1H3,(H,21,22). The second-order valence-electron chi connectivity index (χ2n) is 6.63. The van der Waals surface area contributed by atoms with Gasteiger partial charge in [0.15, 0.2) is 0 Å². The lowest BCUT2D eigenvalue weighted by atomic mass is 9.95. The predicted octanol–water partition coefficient (Wildman–Crippen LogP) is 3.02. The number of amides is 1. The molecule has 22 heavy (non-hydrogen) atoms. The monoisotopic (exact) mass is 296 g/mol. The van der Waals surface area contributed by atoms with E-state index in [1.807, 2.05) is 12.1 Å². The molecule has 1 atom stereocenters. The fourth-order valence-electron chi connectivity index (χ4n) is 3.07. The average molecular weight is 296 g/mol. The third-order valence-electron chi connectivity index (χ3n) is 4.78. The molecular formula is C19H24N2O. The Kier molecular flexibility index (Phi) is 4.16. The molecule has 1 aliphatic carbocycles. The van der Waals surface area contributed by atoms with E-state index in [0.717, 1.165) is 6.42 Å². The summed E-state index contributed by atoms with van der Waals surface area (Å²) in [7, 11) is 0. The Bertz CT molecular complexity index is 678. The van der Waals surface area contributed by atoms with Gasteiger partial charge in [-0.05, 0) is 48.4 Å². The van der Waals surface area contributed by atoms with Crippen LogP contribution in [0.5, 0.6) is 0 Å². The molecular weight excluding hydrogens is 272 g/mol. The zero-order valence-electron chi connectivity index (χ0n) is 13.1. The highest BCUT2D eigenvalue weighted by molar-refractivity contribution is 5.83. The van der Waals surface area contributed by atoms with Gasteiger partial charge >= 0.3 is 0 Å². The molecule has 1 saturated carbocycles. The number of nitrogens with two attached hydrogens (primary N) is 1. The molecule has 0 radical (unpaired) electrons. The van der Waals surface area contributed by atoms with E-state index in [4.69, 9.17) is 5.73 Å². The molecule has 3 nitrogen and oxygen atoms in total. The number of nitrogens with one attached hydrogen (secondary N) is 1. The molecule has 3 heteroatoms. The van der Waals surface area contributed by atoms with E-state index in [1.165, 1.54) is 29.2 Å². The molecule has 3 rings (SSSR count). The number of benzene rings is 2. The molecule has 3 N–H and O–H groups in total. The van der Waals surface area contributed by atoms with Gasteiger partial charge in [0.25, 0.3) is 0 Å². The highest BCUT2D eigenvalue weighted by Gasteiger charge is 2.41. The Morgan fingerprint density at radius 3 is 2.64 bits per heavy atom. The second-order valence-corrected chi connectivity index (χ2v) is 6.63. The number of aryl methyl sites for hydroxylation is 1. The van der Waals surface area contributed by atoms with Gasteiger partial charge in [0.05, 0.1) is 5.54 Å². The summed E-state index contributed by atoms with van der Waals surface area (Å²) < 4.78 is 0. The van der Waals surface area contributed by atoms with Crippen molar-refractivity contribution in [2.45, 2.75) is 38.1 Å². The largest absolute Gasteiger partial charge is 0.349 e. The van der Waals surface area contributed by atoms with Crippen molar-refractivity contribution in [2.24, 2.45) is 11.7 Å². The van der Waals surface area contributed by atoms with Crippen molar-refractivity contribution in [3.63, 3.8) is 0 Å². The normalized spacial score (nSPS) is 17.2. The van der Waals surface area contributed by atoms with Crippen LogP contribution in [0.2, 0.25) is 0 Å². The molecule has 2 aromatic rings. The van der Waals surface area contributed by atoms with Crippen molar-refractivity contribution in [1.29, 1.82) is 0 Å². The number of hydrogen-bond donors (Lipinski definition) is 2. The topological polar surface area (TPSA) is 55.1 Å². The Morgan fingerprint density at radius 1 is 1.23 bits per heavy atom. The van der Waals surface area contributed by atoms with Gasteiger partial charge < -0.3 is 11.1 Å². The van der Waals surface area contributed by atoms with Crippen LogP contribution in [-0.2, 0) is 11.2 Å². The number of fused-ring (bicyclic) bond motifs is 1. The molecule has 0 aromatic heterocycles. The lowest BCUT2D eigenvalue weighted by Crippen LogP contribution is -2.53. The van der Waals surface area contributed by atoms with Gasteiger partial charge in [0, 0.05) is 13.0 Å². The zero-order valence-corrected chi connectivity index (χ0v) is 13.1. The summed E-state index contributed by atoms with van der Waals surface area (Å²) in [6.45, 7) is 2.58. The molecule has 1 amide bonds. The maximum absolute atomic E-state index is 12.2. The summed E-state index contributed by atoms with van der Waals surface area (Å²) in [5, 5.41) is 5.61. The van der Waals surface area contributed by atoms with Crippen LogP contribution in [-0.4, -0.2) is 18.0 Å². The Balaban J connectivity index is 1.60. The minimum absolute atomic E-state index is 0.105. The van der Waals surface area contributed by atoms with E-state index in [-0.39, 0.29) is 11.4 Å². The van der Waals surface area contributed by atoms with Gasteiger partial charge in [-0.15, -0.1) is 0 Å². The van der Waals surface area contributed by atoms with Crippen LogP contribution in [0, 0.1) is 5.92 Å². The van der Waals surface area contributed by atoms with E-state index in [0.29, 0.717) is 18.9 Å². The highest BCUT2D eigenvalue weighted by Crippen LogP contribution is 2.39. The first kappa shape index (κ1) is 15.0. The molecule has 0 bridgehead atoms. The quantitative estimate of drug-likeness (QED) is 0.861. The van der Waals surface area contributed by atoms with Crippen LogP contribution in [0.25, 0.3) is 10.8 Å². The lowest BCUT2D eigenvalue weighted by molar-refractivity contribution is -0.123. The van der Waals surface area contributed by atoms with E-state index in [2.05, 4.69) is 42.6 Å². The second kappa shape index (κ2) is 6.09. The van der Waals surface area contributed by atoms with Gasteiger partial charge in [-0.2, -0.15) is 0 Å². The zero-order chi connectivity index (χ0) is 15.6. The van der Waals surface area contributed by atoms with E-state index in [1.54, 1.807) is 0 Å². The molecule has 116 valence electrons. The molecule has 0 heterocycles. The van der Waals surface area contributed by atoms with Gasteiger partial charge in [-0.1, -0.05) is 42.5 Å². The van der Waals surface area contributed by atoms with Crippen LogP contribution >= 0.6 is 0 Å². The molecule has 1 aliphatic rings. The third kappa shape index (κ3) is 3.30.